The molecule has 2 amide bonds. The normalized spacial score (nSPS) is 13.5. The zero-order chi connectivity index (χ0) is 15.0. The van der Waals surface area contributed by atoms with Crippen molar-refractivity contribution in [3.63, 3.8) is 0 Å². The lowest BCUT2D eigenvalue weighted by Crippen LogP contribution is -2.41. The monoisotopic (exact) mass is 272 g/mol. The van der Waals surface area contributed by atoms with Gasteiger partial charge in [-0.1, -0.05) is 13.3 Å². The maximum Gasteiger partial charge on any atom is 0.306 e. The van der Waals surface area contributed by atoms with Crippen molar-refractivity contribution in [2.24, 2.45) is 5.92 Å². The van der Waals surface area contributed by atoms with Gasteiger partial charge in [-0.2, -0.15) is 0 Å². The molecule has 0 aromatic carbocycles. The Kier molecular flexibility index (Phi) is 7.79. The van der Waals surface area contributed by atoms with Gasteiger partial charge in [0.25, 0.3) is 0 Å². The van der Waals surface area contributed by atoms with E-state index in [-0.39, 0.29) is 30.3 Å². The van der Waals surface area contributed by atoms with Crippen molar-refractivity contribution < 1.29 is 19.5 Å². The number of amides is 2. The van der Waals surface area contributed by atoms with Crippen LogP contribution in [0.1, 0.15) is 40.0 Å². The minimum Gasteiger partial charge on any atom is -0.481 e. The van der Waals surface area contributed by atoms with E-state index < -0.39 is 5.97 Å². The number of hydrogen-bond donors (Lipinski definition) is 2. The third-order valence-corrected chi connectivity index (χ3v) is 3.02. The summed E-state index contributed by atoms with van der Waals surface area (Å²) in [6.45, 7) is 5.00. The molecule has 0 heterocycles. The Morgan fingerprint density at radius 1 is 1.21 bits per heavy atom. The molecule has 0 aromatic heterocycles. The lowest BCUT2D eigenvalue weighted by molar-refractivity contribution is -0.141. The molecule has 0 spiro atoms. The van der Waals surface area contributed by atoms with Gasteiger partial charge in [0.2, 0.25) is 11.8 Å². The molecule has 0 bridgehead atoms. The summed E-state index contributed by atoms with van der Waals surface area (Å²) in [6, 6.07) is -0.0196. The van der Waals surface area contributed by atoms with Crippen LogP contribution in [-0.2, 0) is 14.4 Å². The number of nitrogens with zero attached hydrogens (tertiary/aromatic N) is 1. The third kappa shape index (κ3) is 8.18. The van der Waals surface area contributed by atoms with E-state index in [1.54, 1.807) is 14.0 Å². The standard InChI is InChI=1S/C13H24N2O4/c1-9(13(18)19)6-5-7-10(2)14-12(17)8-15(4)11(3)16/h9-10H,5-8H2,1-4H3,(H,14,17)(H,18,19). The fourth-order valence-electron chi connectivity index (χ4n) is 1.57. The van der Waals surface area contributed by atoms with E-state index in [1.165, 1.54) is 11.8 Å². The quantitative estimate of drug-likeness (QED) is 0.686. The molecular weight excluding hydrogens is 248 g/mol. The van der Waals surface area contributed by atoms with E-state index >= 15 is 0 Å². The number of carbonyl (C=O) groups is 3. The molecule has 110 valence electrons. The Labute approximate surface area is 114 Å². The highest BCUT2D eigenvalue weighted by Gasteiger charge is 2.13. The Morgan fingerprint density at radius 2 is 1.79 bits per heavy atom. The van der Waals surface area contributed by atoms with Crippen LogP contribution in [0.5, 0.6) is 0 Å². The van der Waals surface area contributed by atoms with Gasteiger partial charge in [0.15, 0.2) is 0 Å². The molecule has 0 rings (SSSR count). The van der Waals surface area contributed by atoms with E-state index in [1.807, 2.05) is 6.92 Å². The summed E-state index contributed by atoms with van der Waals surface area (Å²) in [6.07, 6.45) is 2.08. The third-order valence-electron chi connectivity index (χ3n) is 3.02. The Balaban J connectivity index is 3.85. The van der Waals surface area contributed by atoms with Gasteiger partial charge in [0, 0.05) is 20.0 Å². The van der Waals surface area contributed by atoms with Gasteiger partial charge in [-0.3, -0.25) is 14.4 Å². The van der Waals surface area contributed by atoms with Crippen molar-refractivity contribution in [1.82, 2.24) is 10.2 Å². The number of rotatable bonds is 8. The molecule has 2 unspecified atom stereocenters. The van der Waals surface area contributed by atoms with Crippen LogP contribution in [0.2, 0.25) is 0 Å². The summed E-state index contributed by atoms with van der Waals surface area (Å²) in [5.41, 5.74) is 0. The van der Waals surface area contributed by atoms with Crippen LogP contribution in [-0.4, -0.2) is 47.4 Å². The predicted molar refractivity (Wildman–Crippen MR) is 71.6 cm³/mol. The van der Waals surface area contributed by atoms with Crippen molar-refractivity contribution >= 4 is 17.8 Å². The largest absolute Gasteiger partial charge is 0.481 e. The molecule has 19 heavy (non-hydrogen) atoms. The molecule has 0 aliphatic rings. The topological polar surface area (TPSA) is 86.7 Å². The van der Waals surface area contributed by atoms with Crippen LogP contribution in [0.3, 0.4) is 0 Å². The van der Waals surface area contributed by atoms with E-state index in [4.69, 9.17) is 5.11 Å². The minimum absolute atomic E-state index is 0.0196. The first-order valence-corrected chi connectivity index (χ1v) is 6.48. The molecule has 0 radical (unpaired) electrons. The first-order valence-electron chi connectivity index (χ1n) is 6.48. The number of carboxylic acids is 1. The van der Waals surface area contributed by atoms with Crippen molar-refractivity contribution in [3.05, 3.63) is 0 Å². The molecule has 0 aromatic rings. The summed E-state index contributed by atoms with van der Waals surface area (Å²) in [7, 11) is 1.57. The first-order chi connectivity index (χ1) is 8.73. The number of aliphatic carboxylic acids is 1. The van der Waals surface area contributed by atoms with Crippen LogP contribution in [0.25, 0.3) is 0 Å². The number of nitrogens with one attached hydrogen (secondary N) is 1. The summed E-state index contributed by atoms with van der Waals surface area (Å²) in [5.74, 6) is -1.50. The van der Waals surface area contributed by atoms with Crippen LogP contribution in [0.15, 0.2) is 0 Å². The summed E-state index contributed by atoms with van der Waals surface area (Å²) in [4.78, 5) is 34.5. The molecule has 0 aliphatic carbocycles. The van der Waals surface area contributed by atoms with Gasteiger partial charge in [-0.05, 0) is 19.8 Å². The van der Waals surface area contributed by atoms with Gasteiger partial charge in [0.05, 0.1) is 12.5 Å². The molecule has 6 heteroatoms. The van der Waals surface area contributed by atoms with Crippen LogP contribution in [0, 0.1) is 5.92 Å². The fourth-order valence-corrected chi connectivity index (χ4v) is 1.57. The molecule has 0 saturated heterocycles. The SMILES string of the molecule is CC(=O)N(C)CC(=O)NC(C)CCCC(C)C(=O)O. The summed E-state index contributed by atoms with van der Waals surface area (Å²) in [5, 5.41) is 11.5. The average molecular weight is 272 g/mol. The van der Waals surface area contributed by atoms with E-state index in [0.717, 1.165) is 12.8 Å². The van der Waals surface area contributed by atoms with Gasteiger partial charge in [-0.25, -0.2) is 0 Å². The molecule has 0 saturated carbocycles. The van der Waals surface area contributed by atoms with Crippen molar-refractivity contribution in [2.75, 3.05) is 13.6 Å². The highest BCUT2D eigenvalue weighted by molar-refractivity contribution is 5.83. The second-order valence-electron chi connectivity index (χ2n) is 5.01. The number of carboxylic acid groups (broad SMARTS) is 1. The molecular formula is C13H24N2O4. The highest BCUT2D eigenvalue weighted by Crippen LogP contribution is 2.09. The molecule has 0 fully saturated rings. The van der Waals surface area contributed by atoms with Crippen LogP contribution < -0.4 is 5.32 Å². The molecule has 0 aliphatic heterocycles. The minimum atomic E-state index is -0.792. The first kappa shape index (κ1) is 17.4. The van der Waals surface area contributed by atoms with Crippen molar-refractivity contribution in [1.29, 1.82) is 0 Å². The van der Waals surface area contributed by atoms with E-state index in [9.17, 15) is 14.4 Å². The van der Waals surface area contributed by atoms with Crippen molar-refractivity contribution in [2.45, 2.75) is 46.1 Å². The maximum atomic E-state index is 11.6. The zero-order valence-corrected chi connectivity index (χ0v) is 12.1. The number of hydrogen-bond acceptors (Lipinski definition) is 3. The van der Waals surface area contributed by atoms with E-state index in [2.05, 4.69) is 5.32 Å². The van der Waals surface area contributed by atoms with Crippen LogP contribution in [0.4, 0.5) is 0 Å². The van der Waals surface area contributed by atoms with Crippen LogP contribution >= 0.6 is 0 Å². The predicted octanol–water partition coefficient (Wildman–Crippen LogP) is 0.860. The van der Waals surface area contributed by atoms with Gasteiger partial charge < -0.3 is 15.3 Å². The van der Waals surface area contributed by atoms with Gasteiger partial charge in [-0.15, -0.1) is 0 Å². The molecule has 6 nitrogen and oxygen atoms in total. The number of carbonyl (C=O) groups excluding carboxylic acids is 2. The highest BCUT2D eigenvalue weighted by atomic mass is 16.4. The number of likely N-dealkylation sites (N-methyl/N-ethyl adjacent to an activating group) is 1. The average Bonchev–Trinajstić information content (AvgIpc) is 2.27. The van der Waals surface area contributed by atoms with E-state index in [0.29, 0.717) is 6.42 Å². The lowest BCUT2D eigenvalue weighted by Gasteiger charge is -2.18. The zero-order valence-electron chi connectivity index (χ0n) is 12.1. The summed E-state index contributed by atoms with van der Waals surface area (Å²) < 4.78 is 0. The second-order valence-corrected chi connectivity index (χ2v) is 5.01. The maximum absolute atomic E-state index is 11.6. The Bertz CT molecular complexity index is 331. The smallest absolute Gasteiger partial charge is 0.306 e. The Hall–Kier alpha value is -1.59. The second kappa shape index (κ2) is 8.50. The molecule has 2 N–H and O–H groups in total. The fraction of sp³-hybridized carbons (Fsp3) is 0.769. The molecule has 2 atom stereocenters. The Morgan fingerprint density at radius 3 is 2.26 bits per heavy atom. The van der Waals surface area contributed by atoms with Crippen molar-refractivity contribution in [3.8, 4) is 0 Å². The van der Waals surface area contributed by atoms with Gasteiger partial charge in [0.1, 0.15) is 0 Å². The lowest BCUT2D eigenvalue weighted by atomic mass is 10.0. The van der Waals surface area contributed by atoms with Gasteiger partial charge >= 0.3 is 5.97 Å². The summed E-state index contributed by atoms with van der Waals surface area (Å²) >= 11 is 0.